The number of carbonyl (C=O) groups is 4. The molecule has 14 heteroatoms. The van der Waals surface area contributed by atoms with E-state index in [9.17, 15) is 24.3 Å². The second-order valence-electron chi connectivity index (χ2n) is 6.57. The zero-order valence-corrected chi connectivity index (χ0v) is 18.8. The molecule has 2 aliphatic rings. The van der Waals surface area contributed by atoms with E-state index in [1.807, 2.05) is 6.92 Å². The average molecular weight is 484 g/mol. The van der Waals surface area contributed by atoms with Crippen molar-refractivity contribution in [3.05, 3.63) is 22.5 Å². The van der Waals surface area contributed by atoms with Crippen LogP contribution in [-0.2, 0) is 28.8 Å². The number of hydrogen-bond acceptors (Lipinski definition) is 10. The molecule has 1 fully saturated rings. The van der Waals surface area contributed by atoms with Crippen molar-refractivity contribution in [2.75, 3.05) is 24.8 Å². The first-order valence-corrected chi connectivity index (χ1v) is 11.5. The highest BCUT2D eigenvalue weighted by Crippen LogP contribution is 2.40. The maximum atomic E-state index is 13.0. The SMILES string of the molecule is CCCCON=C(C(=O)NC1C(=O)N2C(C(=O)O)=C(OC)CS[C@@H]12)c1csc(NC=O)n1. The van der Waals surface area contributed by atoms with Gasteiger partial charge in [-0.05, 0) is 6.42 Å². The van der Waals surface area contributed by atoms with Gasteiger partial charge in [0.2, 0.25) is 6.41 Å². The molecule has 1 saturated heterocycles. The Balaban J connectivity index is 1.78. The lowest BCUT2D eigenvalue weighted by molar-refractivity contribution is -0.150. The van der Waals surface area contributed by atoms with Gasteiger partial charge in [-0.3, -0.25) is 19.3 Å². The molecule has 0 radical (unpaired) electrons. The van der Waals surface area contributed by atoms with Crippen LogP contribution in [0.2, 0.25) is 0 Å². The first-order valence-electron chi connectivity index (χ1n) is 9.54. The van der Waals surface area contributed by atoms with Gasteiger partial charge in [-0.25, -0.2) is 9.78 Å². The number of hydrogen-bond donors (Lipinski definition) is 3. The first kappa shape index (κ1) is 23.5. The second-order valence-corrected chi connectivity index (χ2v) is 8.53. The number of methoxy groups -OCH3 is 1. The number of amides is 3. The first-order chi connectivity index (χ1) is 15.4. The summed E-state index contributed by atoms with van der Waals surface area (Å²) >= 11 is 2.37. The zero-order chi connectivity index (χ0) is 23.3. The van der Waals surface area contributed by atoms with Crippen molar-refractivity contribution in [1.29, 1.82) is 0 Å². The number of carboxylic acids is 1. The highest BCUT2D eigenvalue weighted by molar-refractivity contribution is 8.00. The second kappa shape index (κ2) is 10.5. The minimum atomic E-state index is -1.28. The summed E-state index contributed by atoms with van der Waals surface area (Å²) in [5.41, 5.74) is -0.219. The summed E-state index contributed by atoms with van der Waals surface area (Å²) in [6.45, 7) is 2.27. The van der Waals surface area contributed by atoms with Crippen molar-refractivity contribution >= 4 is 58.1 Å². The number of oxime groups is 1. The number of aliphatic carboxylic acids is 1. The number of thioether (sulfide) groups is 1. The molecule has 0 spiro atoms. The fraction of sp³-hybridized carbons (Fsp3) is 0.444. The molecule has 12 nitrogen and oxygen atoms in total. The molecule has 1 aromatic heterocycles. The molecule has 3 amide bonds. The maximum absolute atomic E-state index is 13.0. The molecule has 1 aromatic rings. The van der Waals surface area contributed by atoms with Gasteiger partial charge in [0.1, 0.15) is 29.5 Å². The third-order valence-electron chi connectivity index (χ3n) is 4.56. The number of carbonyl (C=O) groups excluding carboxylic acids is 3. The van der Waals surface area contributed by atoms with E-state index < -0.39 is 29.2 Å². The van der Waals surface area contributed by atoms with Crippen molar-refractivity contribution in [3.63, 3.8) is 0 Å². The number of anilines is 1. The van der Waals surface area contributed by atoms with E-state index in [1.165, 1.54) is 24.3 Å². The van der Waals surface area contributed by atoms with E-state index in [0.717, 1.165) is 29.1 Å². The minimum absolute atomic E-state index is 0.157. The van der Waals surface area contributed by atoms with E-state index in [-0.39, 0.29) is 40.4 Å². The average Bonchev–Trinajstić information content (AvgIpc) is 3.24. The van der Waals surface area contributed by atoms with Gasteiger partial charge in [0.25, 0.3) is 11.8 Å². The molecule has 3 rings (SSSR count). The summed E-state index contributed by atoms with van der Waals surface area (Å²) in [5.74, 6) is -2.14. The number of aromatic nitrogens is 1. The van der Waals surface area contributed by atoms with Crippen LogP contribution < -0.4 is 10.6 Å². The van der Waals surface area contributed by atoms with Crippen LogP contribution in [0, 0.1) is 0 Å². The van der Waals surface area contributed by atoms with Crippen molar-refractivity contribution in [2.45, 2.75) is 31.2 Å². The highest BCUT2D eigenvalue weighted by Gasteiger charge is 2.55. The predicted molar refractivity (Wildman–Crippen MR) is 116 cm³/mol. The molecule has 172 valence electrons. The van der Waals surface area contributed by atoms with Crippen LogP contribution in [0.5, 0.6) is 0 Å². The van der Waals surface area contributed by atoms with Gasteiger partial charge in [-0.2, -0.15) is 0 Å². The normalized spacial score (nSPS) is 20.2. The fourth-order valence-electron chi connectivity index (χ4n) is 2.98. The Kier molecular flexibility index (Phi) is 7.69. The van der Waals surface area contributed by atoms with Crippen LogP contribution >= 0.6 is 23.1 Å². The molecule has 1 unspecified atom stereocenters. The number of thiazole rings is 1. The molecule has 2 atom stereocenters. The molecule has 3 N–H and O–H groups in total. The predicted octanol–water partition coefficient (Wildman–Crippen LogP) is 0.575. The number of nitrogens with one attached hydrogen (secondary N) is 2. The van der Waals surface area contributed by atoms with Crippen molar-refractivity contribution in [1.82, 2.24) is 15.2 Å². The molecule has 32 heavy (non-hydrogen) atoms. The summed E-state index contributed by atoms with van der Waals surface area (Å²) in [7, 11) is 1.34. The quantitative estimate of drug-likeness (QED) is 0.134. The van der Waals surface area contributed by atoms with Crippen LogP contribution in [-0.4, -0.2) is 75.8 Å². The number of ether oxygens (including phenoxy) is 1. The van der Waals surface area contributed by atoms with E-state index in [2.05, 4.69) is 20.8 Å². The Morgan fingerprint density at radius 2 is 2.25 bits per heavy atom. The summed E-state index contributed by atoms with van der Waals surface area (Å²) < 4.78 is 5.09. The van der Waals surface area contributed by atoms with Crippen molar-refractivity contribution in [3.8, 4) is 0 Å². The number of unbranched alkanes of at least 4 members (excludes halogenated alkanes) is 1. The zero-order valence-electron chi connectivity index (χ0n) is 17.2. The van der Waals surface area contributed by atoms with Crippen molar-refractivity contribution in [2.24, 2.45) is 5.16 Å². The maximum Gasteiger partial charge on any atom is 0.356 e. The Bertz CT molecular complexity index is 977. The smallest absolute Gasteiger partial charge is 0.356 e. The lowest BCUT2D eigenvalue weighted by Gasteiger charge is -2.48. The summed E-state index contributed by atoms with van der Waals surface area (Å²) in [6, 6.07) is -0.952. The molecule has 2 aliphatic heterocycles. The van der Waals surface area contributed by atoms with Gasteiger partial charge < -0.3 is 25.3 Å². The van der Waals surface area contributed by atoms with Crippen LogP contribution in [0.1, 0.15) is 25.5 Å². The van der Waals surface area contributed by atoms with Crippen LogP contribution in [0.25, 0.3) is 0 Å². The Morgan fingerprint density at radius 3 is 2.91 bits per heavy atom. The minimum Gasteiger partial charge on any atom is -0.498 e. The summed E-state index contributed by atoms with van der Waals surface area (Å²) in [5, 5.41) is 19.5. The van der Waals surface area contributed by atoms with Gasteiger partial charge >= 0.3 is 5.97 Å². The molecule has 0 bridgehead atoms. The molecule has 0 aliphatic carbocycles. The Morgan fingerprint density at radius 1 is 1.47 bits per heavy atom. The van der Waals surface area contributed by atoms with E-state index in [0.29, 0.717) is 6.41 Å². The Labute approximate surface area is 191 Å². The van der Waals surface area contributed by atoms with Crippen molar-refractivity contribution < 1.29 is 33.9 Å². The highest BCUT2D eigenvalue weighted by atomic mass is 32.2. The molecular formula is C18H21N5O7S2. The topological polar surface area (TPSA) is 160 Å². The summed E-state index contributed by atoms with van der Waals surface area (Å²) in [6.07, 6.45) is 2.06. The van der Waals surface area contributed by atoms with E-state index in [1.54, 1.807) is 0 Å². The monoisotopic (exact) mass is 483 g/mol. The summed E-state index contributed by atoms with van der Waals surface area (Å²) in [4.78, 5) is 58.3. The number of β-lactam (4-membered cyclic amide) rings is 1. The lowest BCUT2D eigenvalue weighted by atomic mass is 10.0. The lowest BCUT2D eigenvalue weighted by Crippen LogP contribution is -2.71. The van der Waals surface area contributed by atoms with Gasteiger partial charge in [0, 0.05) is 5.38 Å². The third-order valence-corrected chi connectivity index (χ3v) is 6.59. The number of nitrogens with zero attached hydrogens (tertiary/aromatic N) is 3. The number of carboxylic acid groups (broad SMARTS) is 1. The van der Waals surface area contributed by atoms with Gasteiger partial charge in [-0.1, -0.05) is 18.5 Å². The van der Waals surface area contributed by atoms with Crippen LogP contribution in [0.3, 0.4) is 0 Å². The molecular weight excluding hydrogens is 462 g/mol. The third kappa shape index (κ3) is 4.70. The number of fused-ring (bicyclic) bond motifs is 1. The Hall–Kier alpha value is -3.13. The van der Waals surface area contributed by atoms with Crippen LogP contribution in [0.15, 0.2) is 22.0 Å². The van der Waals surface area contributed by atoms with Crippen LogP contribution in [0.4, 0.5) is 5.13 Å². The molecule has 3 heterocycles. The largest absolute Gasteiger partial charge is 0.498 e. The number of rotatable bonds is 11. The molecule has 0 aromatic carbocycles. The standard InChI is InChI=1S/C18H21N5O7S2/c1-3-4-5-30-22-11(9-6-32-18(20-9)19-8-24)14(25)21-12-15(26)23-13(17(27)28)10(29-2)7-31-16(12)23/h6,8,12,16H,3-5,7H2,1-2H3,(H,21,25)(H,27,28)(H,19,20,24)/t12?,16-/m0/s1. The van der Waals surface area contributed by atoms with Gasteiger partial charge in [0.05, 0.1) is 12.9 Å². The fourth-order valence-corrected chi connectivity index (χ4v) is 4.95. The van der Waals surface area contributed by atoms with E-state index >= 15 is 0 Å². The van der Waals surface area contributed by atoms with Gasteiger partial charge in [-0.15, -0.1) is 23.1 Å². The molecule has 0 saturated carbocycles. The van der Waals surface area contributed by atoms with E-state index in [4.69, 9.17) is 9.57 Å². The van der Waals surface area contributed by atoms with Gasteiger partial charge in [0.15, 0.2) is 16.5 Å².